The van der Waals surface area contributed by atoms with Crippen molar-refractivity contribution < 1.29 is 34.1 Å². The Hall–Kier alpha value is -4.27. The summed E-state index contributed by atoms with van der Waals surface area (Å²) in [7, 11) is 3.92. The first-order valence-electron chi connectivity index (χ1n) is 20.1. The predicted molar refractivity (Wildman–Crippen MR) is 227 cm³/mol. The molecule has 0 bridgehead atoms. The Morgan fingerprint density at radius 3 is 2.12 bits per heavy atom. The van der Waals surface area contributed by atoms with Crippen molar-refractivity contribution >= 4 is 58.7 Å². The fourth-order valence-corrected chi connectivity index (χ4v) is 6.92. The lowest BCUT2D eigenvalue weighted by Crippen LogP contribution is -2.46. The van der Waals surface area contributed by atoms with E-state index in [9.17, 15) is 24.6 Å². The van der Waals surface area contributed by atoms with Crippen LogP contribution < -0.4 is 20.4 Å². The topological polar surface area (TPSA) is 156 Å². The van der Waals surface area contributed by atoms with Gasteiger partial charge in [-0.05, 0) is 86.1 Å². The number of carbonyl (C=O) groups excluding carboxylic acids is 3. The minimum atomic E-state index is -0.369. The molecule has 2 aromatic carbocycles. The molecule has 0 aromatic heterocycles. The van der Waals surface area contributed by atoms with E-state index in [1.807, 2.05) is 78.5 Å². The zero-order valence-electron chi connectivity index (χ0n) is 33.5. The number of benzene rings is 2. The number of aliphatic hydroxyl groups is 2. The molecule has 0 atom stereocenters. The van der Waals surface area contributed by atoms with Crippen LogP contribution >= 0.6 is 11.6 Å². The number of anilines is 2. The number of amides is 3. The van der Waals surface area contributed by atoms with E-state index in [1.165, 1.54) is 4.90 Å². The number of aliphatic hydroxyl groups excluding tert-OH is 2. The molecule has 0 spiro atoms. The Balaban J connectivity index is 1.28. The van der Waals surface area contributed by atoms with Gasteiger partial charge >= 0.3 is 0 Å². The highest BCUT2D eigenvalue weighted by atomic mass is 35.5. The molecule has 4 rings (SSSR count). The number of amidine groups is 1. The molecule has 0 unspecified atom stereocenters. The minimum Gasteiger partial charge on any atom is -0.395 e. The lowest BCUT2D eigenvalue weighted by molar-refractivity contribution is -0.129. The molecule has 3 amide bonds. The van der Waals surface area contributed by atoms with Crippen LogP contribution in [0.15, 0.2) is 65.3 Å². The lowest BCUT2D eigenvalue weighted by atomic mass is 9.85. The standard InChI is InChI=1S/C43H61ClN6O7/c1-48(2)37-16-9-34(10-17-37)31-39-43(55)50(40(47-39)20-11-33-7-18-38(19-8-33)49(23-25-51)24-26-52)32-41(53)46-36-14-12-35(13-15-36)42(54)45-22-28-57-30-29-56-27-6-4-3-5-21-44/h7-11,16-20,31,35-36,51-52H,3-6,12-15,21-30,32H2,1-2H3,(H,45,54)(H,46,53)/b20-11+,39-31-. The van der Waals surface area contributed by atoms with Crippen LogP contribution in [0.4, 0.5) is 11.4 Å². The average molecular weight is 809 g/mol. The number of ether oxygens (including phenoxy) is 2. The second-order valence-corrected chi connectivity index (χ2v) is 14.8. The maximum atomic E-state index is 13.7. The Morgan fingerprint density at radius 2 is 1.47 bits per heavy atom. The van der Waals surface area contributed by atoms with Crippen LogP contribution in [0.25, 0.3) is 12.2 Å². The Labute approximate surface area is 342 Å². The third-order valence-electron chi connectivity index (χ3n) is 9.97. The van der Waals surface area contributed by atoms with Crippen molar-refractivity contribution in [3.8, 4) is 0 Å². The molecule has 1 saturated carbocycles. The van der Waals surface area contributed by atoms with Crippen LogP contribution in [0.3, 0.4) is 0 Å². The van der Waals surface area contributed by atoms with Crippen molar-refractivity contribution in [2.24, 2.45) is 10.9 Å². The summed E-state index contributed by atoms with van der Waals surface area (Å²) in [5.74, 6) is 0.280. The predicted octanol–water partition coefficient (Wildman–Crippen LogP) is 4.46. The molecule has 312 valence electrons. The van der Waals surface area contributed by atoms with Gasteiger partial charge in [0.1, 0.15) is 18.1 Å². The zero-order chi connectivity index (χ0) is 40.8. The molecule has 1 aliphatic heterocycles. The summed E-state index contributed by atoms with van der Waals surface area (Å²) in [6.45, 7) is 3.15. The maximum Gasteiger partial charge on any atom is 0.278 e. The Kier molecular flexibility index (Phi) is 20.1. The highest BCUT2D eigenvalue weighted by Gasteiger charge is 2.32. The number of nitrogens with zero attached hydrogens (tertiary/aromatic N) is 4. The van der Waals surface area contributed by atoms with E-state index < -0.39 is 0 Å². The molecule has 0 saturated heterocycles. The maximum absolute atomic E-state index is 13.7. The highest BCUT2D eigenvalue weighted by molar-refractivity contribution is 6.19. The van der Waals surface area contributed by atoms with Crippen molar-refractivity contribution in [3.63, 3.8) is 0 Å². The summed E-state index contributed by atoms with van der Waals surface area (Å²) < 4.78 is 11.2. The smallest absolute Gasteiger partial charge is 0.278 e. The summed E-state index contributed by atoms with van der Waals surface area (Å²) in [6, 6.07) is 15.3. The molecule has 4 N–H and O–H groups in total. The van der Waals surface area contributed by atoms with Crippen LogP contribution in [0, 0.1) is 5.92 Å². The lowest BCUT2D eigenvalue weighted by Gasteiger charge is -2.29. The molecule has 1 heterocycles. The van der Waals surface area contributed by atoms with E-state index in [4.69, 9.17) is 21.1 Å². The van der Waals surface area contributed by atoms with Gasteiger partial charge in [-0.2, -0.15) is 0 Å². The van der Waals surface area contributed by atoms with Crippen LogP contribution in [0.1, 0.15) is 62.5 Å². The molecule has 0 radical (unpaired) electrons. The molecular weight excluding hydrogens is 748 g/mol. The van der Waals surface area contributed by atoms with Gasteiger partial charge in [0.25, 0.3) is 5.91 Å². The van der Waals surface area contributed by atoms with E-state index >= 15 is 0 Å². The van der Waals surface area contributed by atoms with Gasteiger partial charge in [-0.3, -0.25) is 19.3 Å². The van der Waals surface area contributed by atoms with Gasteiger partial charge in [0, 0.05) is 69.6 Å². The first kappa shape index (κ1) is 45.4. The Bertz CT molecular complexity index is 1620. The van der Waals surface area contributed by atoms with Gasteiger partial charge in [-0.25, -0.2) is 4.99 Å². The summed E-state index contributed by atoms with van der Waals surface area (Å²) in [5, 5.41) is 24.9. The molecular formula is C43H61ClN6O7. The number of hydrogen-bond donors (Lipinski definition) is 4. The van der Waals surface area contributed by atoms with Gasteiger partial charge < -0.3 is 40.1 Å². The second kappa shape index (κ2) is 25.2. The fraction of sp³-hybridized carbons (Fsp3) is 0.535. The largest absolute Gasteiger partial charge is 0.395 e. The molecule has 2 aromatic rings. The number of nitrogens with one attached hydrogen (secondary N) is 2. The molecule has 1 aliphatic carbocycles. The number of halogens is 1. The fourth-order valence-electron chi connectivity index (χ4n) is 6.73. The molecule has 1 fully saturated rings. The van der Waals surface area contributed by atoms with Gasteiger partial charge in [-0.15, -0.1) is 11.6 Å². The average Bonchev–Trinajstić information content (AvgIpc) is 3.50. The summed E-state index contributed by atoms with van der Waals surface area (Å²) in [6.07, 6.45) is 12.2. The highest BCUT2D eigenvalue weighted by Crippen LogP contribution is 2.25. The second-order valence-electron chi connectivity index (χ2n) is 14.5. The zero-order valence-corrected chi connectivity index (χ0v) is 34.3. The van der Waals surface area contributed by atoms with Crippen molar-refractivity contribution in [3.05, 3.63) is 71.4 Å². The first-order valence-corrected chi connectivity index (χ1v) is 20.7. The third-order valence-corrected chi connectivity index (χ3v) is 10.2. The third kappa shape index (κ3) is 15.5. The molecule has 14 heteroatoms. The number of unbranched alkanes of at least 4 members (excludes halogenated alkanes) is 3. The first-order chi connectivity index (χ1) is 27.7. The van der Waals surface area contributed by atoms with E-state index in [2.05, 4.69) is 15.6 Å². The van der Waals surface area contributed by atoms with Gasteiger partial charge in [0.2, 0.25) is 11.8 Å². The van der Waals surface area contributed by atoms with Crippen LogP contribution in [-0.2, 0) is 23.9 Å². The van der Waals surface area contributed by atoms with Crippen molar-refractivity contribution in [2.75, 3.05) is 95.6 Å². The van der Waals surface area contributed by atoms with E-state index in [1.54, 1.807) is 12.2 Å². The quantitative estimate of drug-likeness (QED) is 0.0647. The molecule has 57 heavy (non-hydrogen) atoms. The SMILES string of the molecule is CN(C)c1ccc(/C=C2N=C(/C=C/c3ccc(N(CCO)CCO)cc3)N(CC(=O)NC3CCC(C(=O)NCCOCCOCCCCCCCl)CC3)C\2=O)cc1. The van der Waals surface area contributed by atoms with Crippen molar-refractivity contribution in [2.45, 2.75) is 57.4 Å². The van der Waals surface area contributed by atoms with Gasteiger partial charge in [0.05, 0.1) is 33.0 Å². The van der Waals surface area contributed by atoms with Crippen LogP contribution in [0.2, 0.25) is 0 Å². The number of aliphatic imine (C=N–C) groups is 1. The van der Waals surface area contributed by atoms with Crippen LogP contribution in [0.5, 0.6) is 0 Å². The van der Waals surface area contributed by atoms with Gasteiger partial charge in [0.15, 0.2) is 0 Å². The van der Waals surface area contributed by atoms with E-state index in [-0.39, 0.29) is 55.1 Å². The monoisotopic (exact) mass is 808 g/mol. The normalized spacial score (nSPS) is 17.6. The van der Waals surface area contributed by atoms with Gasteiger partial charge in [-0.1, -0.05) is 43.2 Å². The number of rotatable bonds is 25. The number of hydrogen-bond acceptors (Lipinski definition) is 10. The van der Waals surface area contributed by atoms with Crippen molar-refractivity contribution in [1.82, 2.24) is 15.5 Å². The Morgan fingerprint density at radius 1 is 0.842 bits per heavy atom. The minimum absolute atomic E-state index is 0.00447. The molecule has 13 nitrogen and oxygen atoms in total. The van der Waals surface area contributed by atoms with Crippen LogP contribution in [-0.4, -0.2) is 131 Å². The summed E-state index contributed by atoms with van der Waals surface area (Å²) in [4.78, 5) is 49.9. The van der Waals surface area contributed by atoms with E-state index in [0.717, 1.165) is 54.8 Å². The van der Waals surface area contributed by atoms with E-state index in [0.29, 0.717) is 76.9 Å². The van der Waals surface area contributed by atoms with Crippen molar-refractivity contribution in [1.29, 1.82) is 0 Å². The number of carbonyl (C=O) groups is 3. The molecule has 2 aliphatic rings. The summed E-state index contributed by atoms with van der Waals surface area (Å²) in [5.41, 5.74) is 3.78. The number of alkyl halides is 1. The summed E-state index contributed by atoms with van der Waals surface area (Å²) >= 11 is 5.69.